The van der Waals surface area contributed by atoms with E-state index in [0.717, 1.165) is 50.2 Å². The van der Waals surface area contributed by atoms with Crippen molar-refractivity contribution in [1.82, 2.24) is 25.0 Å². The van der Waals surface area contributed by atoms with Crippen LogP contribution in [0.5, 0.6) is 0 Å². The minimum absolute atomic E-state index is 0.457. The van der Waals surface area contributed by atoms with Crippen molar-refractivity contribution in [3.63, 3.8) is 0 Å². The highest BCUT2D eigenvalue weighted by molar-refractivity contribution is 8.00. The van der Waals surface area contributed by atoms with Gasteiger partial charge in [0.05, 0.1) is 0 Å². The van der Waals surface area contributed by atoms with Crippen molar-refractivity contribution in [2.45, 2.75) is 82.5 Å². The molecule has 2 aliphatic heterocycles. The summed E-state index contributed by atoms with van der Waals surface area (Å²) in [6.07, 6.45) is 11.7. The second-order valence-corrected chi connectivity index (χ2v) is 9.74. The Morgan fingerprint density at radius 3 is 2.81 bits per heavy atom. The minimum atomic E-state index is 0.457. The fourth-order valence-electron chi connectivity index (χ4n) is 4.76. The predicted molar refractivity (Wildman–Crippen MR) is 112 cm³/mol. The van der Waals surface area contributed by atoms with Crippen molar-refractivity contribution in [3.05, 3.63) is 11.6 Å². The van der Waals surface area contributed by atoms with Gasteiger partial charge in [-0.3, -0.25) is 0 Å². The topological polar surface area (TPSA) is 58.3 Å². The first-order valence-corrected chi connectivity index (χ1v) is 11.9. The van der Waals surface area contributed by atoms with E-state index < -0.39 is 0 Å². The van der Waals surface area contributed by atoms with Crippen LogP contribution >= 0.6 is 11.8 Å². The Hall–Kier alpha value is -1.24. The molecule has 3 heterocycles. The second-order valence-electron chi connectivity index (χ2n) is 8.18. The zero-order valence-corrected chi connectivity index (χ0v) is 17.6. The largest absolute Gasteiger partial charge is 0.357 e. The lowest BCUT2D eigenvalue weighted by molar-refractivity contribution is 0.293. The maximum Gasteiger partial charge on any atom is 0.194 e. The maximum absolute atomic E-state index is 5.00. The molecule has 0 unspecified atom stereocenters. The number of rotatable bonds is 3. The average Bonchev–Trinajstić information content (AvgIpc) is 2.92. The third-order valence-corrected chi connectivity index (χ3v) is 7.74. The van der Waals surface area contributed by atoms with Gasteiger partial charge in [-0.25, -0.2) is 4.99 Å². The summed E-state index contributed by atoms with van der Waals surface area (Å²) in [5.41, 5.74) is 0. The molecule has 1 aliphatic carbocycles. The average molecular weight is 391 g/mol. The van der Waals surface area contributed by atoms with Gasteiger partial charge in [0.1, 0.15) is 12.4 Å². The third-order valence-electron chi connectivity index (χ3n) is 6.20. The number of aromatic nitrogens is 3. The Morgan fingerprint density at radius 2 is 1.96 bits per heavy atom. The Kier molecular flexibility index (Phi) is 6.25. The Labute approximate surface area is 167 Å². The summed E-state index contributed by atoms with van der Waals surface area (Å²) in [7, 11) is 0. The van der Waals surface area contributed by atoms with Gasteiger partial charge in [-0.2, -0.15) is 11.8 Å². The number of fused-ring (bicyclic) bond motifs is 1. The van der Waals surface area contributed by atoms with Gasteiger partial charge < -0.3 is 14.8 Å². The molecule has 1 N–H and O–H groups in total. The van der Waals surface area contributed by atoms with Gasteiger partial charge in [0.15, 0.2) is 11.8 Å². The summed E-state index contributed by atoms with van der Waals surface area (Å²) < 4.78 is 2.77. The number of aryl methyl sites for hydroxylation is 1. The predicted octanol–water partition coefficient (Wildman–Crippen LogP) is 3.22. The molecule has 0 radical (unpaired) electrons. The molecule has 4 rings (SSSR count). The van der Waals surface area contributed by atoms with Gasteiger partial charge in [0.25, 0.3) is 0 Å². The molecular weight excluding hydrogens is 356 g/mol. The summed E-state index contributed by atoms with van der Waals surface area (Å²) in [4.78, 5) is 7.50. The van der Waals surface area contributed by atoms with Crippen LogP contribution in [0.25, 0.3) is 0 Å². The van der Waals surface area contributed by atoms with Crippen LogP contribution in [-0.2, 0) is 19.5 Å². The maximum atomic E-state index is 5.00. The van der Waals surface area contributed by atoms with Crippen LogP contribution in [0.2, 0.25) is 0 Å². The Morgan fingerprint density at radius 1 is 1.11 bits per heavy atom. The van der Waals surface area contributed by atoms with E-state index in [9.17, 15) is 0 Å². The van der Waals surface area contributed by atoms with E-state index in [1.165, 1.54) is 57.1 Å². The molecule has 2 fully saturated rings. The quantitative estimate of drug-likeness (QED) is 0.634. The molecule has 1 aromatic heterocycles. The molecule has 27 heavy (non-hydrogen) atoms. The molecule has 0 aromatic carbocycles. The zero-order chi connectivity index (χ0) is 18.5. The highest BCUT2D eigenvalue weighted by Crippen LogP contribution is 2.42. The number of hydrogen-bond donors (Lipinski definition) is 1. The molecule has 7 heteroatoms. The van der Waals surface area contributed by atoms with Crippen molar-refractivity contribution in [2.75, 3.05) is 25.4 Å². The number of guanidine groups is 1. The summed E-state index contributed by atoms with van der Waals surface area (Å²) in [6, 6.07) is 0. The molecule has 0 atom stereocenters. The smallest absolute Gasteiger partial charge is 0.194 e. The highest BCUT2D eigenvalue weighted by atomic mass is 32.2. The summed E-state index contributed by atoms with van der Waals surface area (Å²) in [6.45, 7) is 6.98. The van der Waals surface area contributed by atoms with E-state index in [4.69, 9.17) is 4.99 Å². The van der Waals surface area contributed by atoms with Gasteiger partial charge >= 0.3 is 0 Å². The molecule has 1 aromatic rings. The van der Waals surface area contributed by atoms with Crippen LogP contribution in [0.3, 0.4) is 0 Å². The number of hydrogen-bond acceptors (Lipinski definition) is 4. The van der Waals surface area contributed by atoms with E-state index in [0.29, 0.717) is 11.3 Å². The SMILES string of the molecule is CCNC(=NCc1nnc2n1CCCCC2)N1CCSC2(CCCCC2)C1. The standard InChI is InChI=1S/C20H34N6S/c1-2-21-19(25-13-14-27-20(16-25)10-6-4-7-11-20)22-15-18-24-23-17-9-5-3-8-12-26(17)18/h2-16H2,1H3,(H,21,22). The molecule has 0 bridgehead atoms. The number of thioether (sulfide) groups is 1. The van der Waals surface area contributed by atoms with Crippen molar-refractivity contribution in [1.29, 1.82) is 0 Å². The molecule has 3 aliphatic rings. The van der Waals surface area contributed by atoms with Crippen LogP contribution in [0.15, 0.2) is 4.99 Å². The van der Waals surface area contributed by atoms with Crippen LogP contribution < -0.4 is 5.32 Å². The van der Waals surface area contributed by atoms with Crippen LogP contribution in [-0.4, -0.2) is 55.8 Å². The number of aliphatic imine (C=N–C) groups is 1. The summed E-state index contributed by atoms with van der Waals surface area (Å²) in [5, 5.41) is 12.4. The third kappa shape index (κ3) is 4.44. The molecule has 0 amide bonds. The lowest BCUT2D eigenvalue weighted by Gasteiger charge is -2.45. The van der Waals surface area contributed by atoms with Crippen molar-refractivity contribution in [3.8, 4) is 0 Å². The van der Waals surface area contributed by atoms with Gasteiger partial charge in [0.2, 0.25) is 0 Å². The molecule has 1 saturated carbocycles. The molecule has 1 spiro atoms. The van der Waals surface area contributed by atoms with E-state index >= 15 is 0 Å². The van der Waals surface area contributed by atoms with Crippen molar-refractivity contribution >= 4 is 17.7 Å². The lowest BCUT2D eigenvalue weighted by atomic mass is 9.87. The Bertz CT molecular complexity index is 643. The van der Waals surface area contributed by atoms with E-state index in [2.05, 4.69) is 43.7 Å². The zero-order valence-electron chi connectivity index (χ0n) is 16.8. The lowest BCUT2D eigenvalue weighted by Crippen LogP contribution is -2.53. The van der Waals surface area contributed by atoms with Crippen LogP contribution in [0.4, 0.5) is 0 Å². The van der Waals surface area contributed by atoms with E-state index in [-0.39, 0.29) is 0 Å². The Balaban J connectivity index is 1.48. The van der Waals surface area contributed by atoms with Crippen LogP contribution in [0.1, 0.15) is 69.9 Å². The molecular formula is C20H34N6S. The molecule has 1 saturated heterocycles. The fraction of sp³-hybridized carbons (Fsp3) is 0.850. The highest BCUT2D eigenvalue weighted by Gasteiger charge is 2.38. The van der Waals surface area contributed by atoms with Crippen LogP contribution in [0, 0.1) is 0 Å². The van der Waals surface area contributed by atoms with E-state index in [1.54, 1.807) is 0 Å². The van der Waals surface area contributed by atoms with Gasteiger partial charge in [-0.1, -0.05) is 25.7 Å². The number of nitrogens with one attached hydrogen (secondary N) is 1. The molecule has 150 valence electrons. The van der Waals surface area contributed by atoms with E-state index in [1.807, 2.05) is 0 Å². The van der Waals surface area contributed by atoms with Gasteiger partial charge in [-0.15, -0.1) is 10.2 Å². The first-order valence-electron chi connectivity index (χ1n) is 10.9. The van der Waals surface area contributed by atoms with Gasteiger partial charge in [0, 0.05) is 43.1 Å². The first kappa shape index (κ1) is 19.1. The van der Waals surface area contributed by atoms with Gasteiger partial charge in [-0.05, 0) is 32.6 Å². The normalized spacial score (nSPS) is 23.1. The summed E-state index contributed by atoms with van der Waals surface area (Å²) >= 11 is 2.21. The molecule has 6 nitrogen and oxygen atoms in total. The fourth-order valence-corrected chi connectivity index (χ4v) is 6.33. The minimum Gasteiger partial charge on any atom is -0.357 e. The monoisotopic (exact) mass is 390 g/mol. The summed E-state index contributed by atoms with van der Waals surface area (Å²) in [5.74, 6) is 4.46. The second kappa shape index (κ2) is 8.84. The van der Waals surface area contributed by atoms with Crippen molar-refractivity contribution in [2.24, 2.45) is 4.99 Å². The van der Waals surface area contributed by atoms with Crippen molar-refractivity contribution < 1.29 is 0 Å². The number of nitrogens with zero attached hydrogens (tertiary/aromatic N) is 5. The first-order chi connectivity index (χ1) is 13.3.